The van der Waals surface area contributed by atoms with Crippen molar-refractivity contribution in [2.24, 2.45) is 0 Å². The van der Waals surface area contributed by atoms with Gasteiger partial charge in [0.1, 0.15) is 5.54 Å². The molecule has 0 bridgehead atoms. The zero-order valence-corrected chi connectivity index (χ0v) is 14.4. The molecule has 0 aliphatic carbocycles. The third-order valence-corrected chi connectivity index (χ3v) is 4.48. The zero-order valence-electron chi connectivity index (χ0n) is 14.4. The normalized spacial score (nSPS) is 23.3. The molecule has 0 aromatic carbocycles. The molecule has 0 aromatic rings. The molecule has 2 unspecified atom stereocenters. The molecule has 124 valence electrons. The Hall–Kier alpha value is -0.610. The number of carbonyl (C=O) groups is 1. The molecule has 1 N–H and O–H groups in total. The molecule has 2 atom stereocenters. The predicted molar refractivity (Wildman–Crippen MR) is 87.5 cm³/mol. The number of ether oxygens (including phenoxy) is 1. The average Bonchev–Trinajstić information content (AvgIpc) is 2.70. The van der Waals surface area contributed by atoms with Crippen LogP contribution in [-0.2, 0) is 9.53 Å². The van der Waals surface area contributed by atoms with Gasteiger partial charge in [-0.3, -0.25) is 9.69 Å². The topological polar surface area (TPSA) is 41.6 Å². The summed E-state index contributed by atoms with van der Waals surface area (Å²) in [6.07, 6.45) is 7.30. The van der Waals surface area contributed by atoms with E-state index >= 15 is 0 Å². The molecule has 1 heterocycles. The zero-order chi connectivity index (χ0) is 15.7. The number of nitrogens with one attached hydrogen (secondary N) is 1. The van der Waals surface area contributed by atoms with Crippen LogP contribution in [-0.4, -0.2) is 48.7 Å². The van der Waals surface area contributed by atoms with Crippen LogP contribution in [0.3, 0.4) is 0 Å². The lowest BCUT2D eigenvalue weighted by Crippen LogP contribution is -2.59. The molecule has 1 saturated heterocycles. The van der Waals surface area contributed by atoms with E-state index in [9.17, 15) is 4.79 Å². The number of hydrogen-bond acceptors (Lipinski definition) is 4. The lowest BCUT2D eigenvalue weighted by atomic mass is 9.99. The first kappa shape index (κ1) is 18.4. The van der Waals surface area contributed by atoms with Crippen LogP contribution < -0.4 is 5.32 Å². The molecule has 0 radical (unpaired) electrons. The highest BCUT2D eigenvalue weighted by atomic mass is 16.5. The maximum absolute atomic E-state index is 12.4. The van der Waals surface area contributed by atoms with Crippen molar-refractivity contribution < 1.29 is 9.53 Å². The molecule has 0 saturated carbocycles. The molecule has 1 fully saturated rings. The summed E-state index contributed by atoms with van der Waals surface area (Å²) >= 11 is 0. The van der Waals surface area contributed by atoms with Crippen molar-refractivity contribution >= 4 is 5.97 Å². The van der Waals surface area contributed by atoms with Gasteiger partial charge in [-0.25, -0.2) is 0 Å². The van der Waals surface area contributed by atoms with E-state index in [2.05, 4.69) is 24.1 Å². The minimum atomic E-state index is -0.593. The van der Waals surface area contributed by atoms with E-state index in [1.165, 1.54) is 25.7 Å². The van der Waals surface area contributed by atoms with Gasteiger partial charge in [-0.1, -0.05) is 26.7 Å². The Morgan fingerprint density at radius 1 is 1.29 bits per heavy atom. The van der Waals surface area contributed by atoms with Crippen molar-refractivity contribution in [2.75, 3.05) is 26.2 Å². The van der Waals surface area contributed by atoms with Gasteiger partial charge in [0, 0.05) is 12.6 Å². The van der Waals surface area contributed by atoms with Gasteiger partial charge >= 0.3 is 5.97 Å². The fourth-order valence-electron chi connectivity index (χ4n) is 3.20. The van der Waals surface area contributed by atoms with E-state index in [1.807, 2.05) is 13.8 Å². The van der Waals surface area contributed by atoms with Crippen molar-refractivity contribution in [3.63, 3.8) is 0 Å². The Labute approximate surface area is 130 Å². The van der Waals surface area contributed by atoms with E-state index in [0.29, 0.717) is 12.6 Å². The van der Waals surface area contributed by atoms with Crippen LogP contribution in [0.1, 0.15) is 66.2 Å². The molecule has 0 aromatic heterocycles. The lowest BCUT2D eigenvalue weighted by molar-refractivity contribution is -0.151. The van der Waals surface area contributed by atoms with Crippen molar-refractivity contribution in [3.05, 3.63) is 0 Å². The van der Waals surface area contributed by atoms with Crippen LogP contribution in [0.4, 0.5) is 0 Å². The molecular weight excluding hydrogens is 264 g/mol. The third-order valence-electron chi connectivity index (χ3n) is 4.48. The summed E-state index contributed by atoms with van der Waals surface area (Å²) in [5.41, 5.74) is -0.593. The minimum absolute atomic E-state index is 0.113. The van der Waals surface area contributed by atoms with Gasteiger partial charge in [-0.2, -0.15) is 0 Å². The summed E-state index contributed by atoms with van der Waals surface area (Å²) in [7, 11) is 0. The van der Waals surface area contributed by atoms with Gasteiger partial charge in [-0.05, 0) is 52.6 Å². The summed E-state index contributed by atoms with van der Waals surface area (Å²) < 4.78 is 5.32. The summed E-state index contributed by atoms with van der Waals surface area (Å²) in [6.45, 7) is 11.4. The van der Waals surface area contributed by atoms with Crippen LogP contribution in [0, 0.1) is 0 Å². The predicted octanol–water partition coefficient (Wildman–Crippen LogP) is 2.96. The molecular formula is C17H34N2O2. The van der Waals surface area contributed by atoms with Gasteiger partial charge in [0.05, 0.1) is 6.61 Å². The fraction of sp³-hybridized carbons (Fsp3) is 0.941. The van der Waals surface area contributed by atoms with Crippen LogP contribution in [0.2, 0.25) is 0 Å². The van der Waals surface area contributed by atoms with Gasteiger partial charge < -0.3 is 10.1 Å². The largest absolute Gasteiger partial charge is 0.465 e. The van der Waals surface area contributed by atoms with Gasteiger partial charge in [-0.15, -0.1) is 0 Å². The molecule has 0 amide bonds. The number of rotatable bonds is 8. The van der Waals surface area contributed by atoms with E-state index in [0.717, 1.165) is 32.5 Å². The highest BCUT2D eigenvalue weighted by molar-refractivity contribution is 5.80. The molecule has 1 rings (SSSR count). The van der Waals surface area contributed by atoms with E-state index in [4.69, 9.17) is 4.74 Å². The molecule has 1 aliphatic rings. The second-order valence-electron chi connectivity index (χ2n) is 6.36. The summed E-state index contributed by atoms with van der Waals surface area (Å²) in [5.74, 6) is -0.113. The SMILES string of the molecule is CCCNC(C)(CN1CCCCCC1CC)C(=O)OCC. The standard InChI is InChI=1S/C17H34N2O2/c1-5-12-18-17(4,16(20)21-7-3)14-19-13-10-8-9-11-15(19)6-2/h15,18H,5-14H2,1-4H3. The van der Waals surface area contributed by atoms with Crippen LogP contribution in [0.15, 0.2) is 0 Å². The quantitative estimate of drug-likeness (QED) is 0.700. The second kappa shape index (κ2) is 9.42. The first-order chi connectivity index (χ1) is 10.1. The maximum Gasteiger partial charge on any atom is 0.327 e. The van der Waals surface area contributed by atoms with Crippen molar-refractivity contribution in [2.45, 2.75) is 77.8 Å². The Balaban J connectivity index is 2.79. The molecule has 1 aliphatic heterocycles. The first-order valence-corrected chi connectivity index (χ1v) is 8.73. The van der Waals surface area contributed by atoms with E-state index < -0.39 is 5.54 Å². The molecule has 0 spiro atoms. The highest BCUT2D eigenvalue weighted by Crippen LogP contribution is 2.22. The highest BCUT2D eigenvalue weighted by Gasteiger charge is 2.37. The van der Waals surface area contributed by atoms with E-state index in [-0.39, 0.29) is 5.97 Å². The number of nitrogens with zero attached hydrogens (tertiary/aromatic N) is 1. The Morgan fingerprint density at radius 2 is 2.05 bits per heavy atom. The Bertz CT molecular complexity index is 309. The third kappa shape index (κ3) is 5.59. The van der Waals surface area contributed by atoms with Crippen LogP contribution in [0.25, 0.3) is 0 Å². The second-order valence-corrected chi connectivity index (χ2v) is 6.36. The molecule has 4 heteroatoms. The monoisotopic (exact) mass is 298 g/mol. The number of hydrogen-bond donors (Lipinski definition) is 1. The van der Waals surface area contributed by atoms with Gasteiger partial charge in [0.25, 0.3) is 0 Å². The number of esters is 1. The maximum atomic E-state index is 12.4. The summed E-state index contributed by atoms with van der Waals surface area (Å²) in [6, 6.07) is 0.602. The number of likely N-dealkylation sites (tertiary alicyclic amines) is 1. The van der Waals surface area contributed by atoms with Crippen molar-refractivity contribution in [3.8, 4) is 0 Å². The molecule has 21 heavy (non-hydrogen) atoms. The average molecular weight is 298 g/mol. The van der Waals surface area contributed by atoms with Gasteiger partial charge in [0.15, 0.2) is 0 Å². The Kier molecular flexibility index (Phi) is 8.27. The minimum Gasteiger partial charge on any atom is -0.465 e. The first-order valence-electron chi connectivity index (χ1n) is 8.73. The number of carbonyl (C=O) groups excluding carboxylic acids is 1. The van der Waals surface area contributed by atoms with Crippen LogP contribution >= 0.6 is 0 Å². The van der Waals surface area contributed by atoms with Crippen LogP contribution in [0.5, 0.6) is 0 Å². The van der Waals surface area contributed by atoms with Gasteiger partial charge in [0.2, 0.25) is 0 Å². The van der Waals surface area contributed by atoms with E-state index in [1.54, 1.807) is 0 Å². The fourth-order valence-corrected chi connectivity index (χ4v) is 3.20. The van der Waals surface area contributed by atoms with Crippen molar-refractivity contribution in [1.29, 1.82) is 0 Å². The van der Waals surface area contributed by atoms with Crippen molar-refractivity contribution in [1.82, 2.24) is 10.2 Å². The summed E-state index contributed by atoms with van der Waals surface area (Å²) in [4.78, 5) is 14.9. The Morgan fingerprint density at radius 3 is 2.67 bits per heavy atom. The molecule has 4 nitrogen and oxygen atoms in total. The lowest BCUT2D eigenvalue weighted by Gasteiger charge is -2.37. The smallest absolute Gasteiger partial charge is 0.327 e. The summed E-state index contributed by atoms with van der Waals surface area (Å²) in [5, 5.41) is 3.43.